The SMILES string of the molecule is CC.CCNC(=O)CN(CCN(CC(=O)O)CC(=O)O)CC(=O)O. The highest BCUT2D eigenvalue weighted by molar-refractivity contribution is 5.79. The zero-order valence-corrected chi connectivity index (χ0v) is 14.3. The number of nitrogens with zero attached hydrogens (tertiary/aromatic N) is 2. The Kier molecular flexibility index (Phi) is 14.4. The van der Waals surface area contributed by atoms with Crippen LogP contribution >= 0.6 is 0 Å². The monoisotopic (exact) mass is 349 g/mol. The quantitative estimate of drug-likeness (QED) is 0.348. The lowest BCUT2D eigenvalue weighted by Crippen LogP contribution is -2.45. The third-order valence-electron chi connectivity index (χ3n) is 2.55. The zero-order chi connectivity index (χ0) is 19.1. The Labute approximate surface area is 141 Å². The molecule has 0 bridgehead atoms. The Balaban J connectivity index is 0. The summed E-state index contributed by atoms with van der Waals surface area (Å²) < 4.78 is 0. The molecule has 10 heteroatoms. The van der Waals surface area contributed by atoms with Crippen molar-refractivity contribution in [2.45, 2.75) is 20.8 Å². The van der Waals surface area contributed by atoms with Crippen molar-refractivity contribution in [3.63, 3.8) is 0 Å². The largest absolute Gasteiger partial charge is 0.480 e. The molecule has 24 heavy (non-hydrogen) atoms. The van der Waals surface area contributed by atoms with E-state index in [0.717, 1.165) is 4.90 Å². The summed E-state index contributed by atoms with van der Waals surface area (Å²) in [6, 6.07) is 0. The molecule has 0 aliphatic carbocycles. The summed E-state index contributed by atoms with van der Waals surface area (Å²) in [5.74, 6) is -3.86. The van der Waals surface area contributed by atoms with Crippen molar-refractivity contribution in [2.24, 2.45) is 0 Å². The number of nitrogens with one attached hydrogen (secondary N) is 1. The summed E-state index contributed by atoms with van der Waals surface area (Å²) in [6.07, 6.45) is 0. The van der Waals surface area contributed by atoms with Gasteiger partial charge in [-0.15, -0.1) is 0 Å². The van der Waals surface area contributed by atoms with Crippen LogP contribution in [0.1, 0.15) is 20.8 Å². The minimum Gasteiger partial charge on any atom is -0.480 e. The second kappa shape index (κ2) is 14.4. The van der Waals surface area contributed by atoms with Crippen LogP contribution in [0.4, 0.5) is 0 Å². The number of aliphatic carboxylic acids is 3. The van der Waals surface area contributed by atoms with Crippen molar-refractivity contribution >= 4 is 23.8 Å². The molecule has 1 amide bonds. The molecule has 0 aliphatic rings. The number of amides is 1. The number of likely N-dealkylation sites (N-methyl/N-ethyl adjacent to an activating group) is 1. The topological polar surface area (TPSA) is 147 Å². The fourth-order valence-electron chi connectivity index (χ4n) is 1.74. The molecule has 0 radical (unpaired) electrons. The summed E-state index contributed by atoms with van der Waals surface area (Å²) in [6.45, 7) is 4.70. The lowest BCUT2D eigenvalue weighted by atomic mass is 10.3. The van der Waals surface area contributed by atoms with Gasteiger partial charge < -0.3 is 20.6 Å². The van der Waals surface area contributed by atoms with E-state index in [1.165, 1.54) is 4.90 Å². The van der Waals surface area contributed by atoms with E-state index >= 15 is 0 Å². The molecule has 0 rings (SSSR count). The molecule has 0 heterocycles. The lowest BCUT2D eigenvalue weighted by Gasteiger charge is -2.24. The molecular formula is C14H27N3O7. The zero-order valence-electron chi connectivity index (χ0n) is 14.3. The number of rotatable bonds is 12. The fraction of sp³-hybridized carbons (Fsp3) is 0.714. The van der Waals surface area contributed by atoms with Gasteiger partial charge in [-0.2, -0.15) is 0 Å². The summed E-state index contributed by atoms with van der Waals surface area (Å²) in [5, 5.41) is 28.8. The summed E-state index contributed by atoms with van der Waals surface area (Å²) in [5.41, 5.74) is 0. The second-order valence-electron chi connectivity index (χ2n) is 4.56. The van der Waals surface area contributed by atoms with Crippen molar-refractivity contribution in [1.29, 1.82) is 0 Å². The van der Waals surface area contributed by atoms with Crippen LogP contribution in [0, 0.1) is 0 Å². The third-order valence-corrected chi connectivity index (χ3v) is 2.55. The van der Waals surface area contributed by atoms with Crippen LogP contribution in [0.15, 0.2) is 0 Å². The molecule has 0 atom stereocenters. The lowest BCUT2D eigenvalue weighted by molar-refractivity contribution is -0.143. The Bertz CT molecular complexity index is 399. The normalized spacial score (nSPS) is 10.0. The molecule has 4 N–H and O–H groups in total. The van der Waals surface area contributed by atoms with E-state index < -0.39 is 37.5 Å². The average molecular weight is 349 g/mol. The van der Waals surface area contributed by atoms with Crippen LogP contribution in [-0.4, -0.2) is 94.7 Å². The molecule has 10 nitrogen and oxygen atoms in total. The maximum Gasteiger partial charge on any atom is 0.317 e. The standard InChI is InChI=1S/C12H21N3O7.C2H6/c1-2-13-9(16)5-14(6-10(17)18)3-4-15(7-11(19)20)8-12(21)22;1-2/h2-8H2,1H3,(H,13,16)(H,17,18)(H,19,20)(H,21,22);1-2H3. The summed E-state index contributed by atoms with van der Waals surface area (Å²) in [7, 11) is 0. The first kappa shape index (κ1) is 24.1. The van der Waals surface area contributed by atoms with Gasteiger partial charge in [-0.1, -0.05) is 13.8 Å². The van der Waals surface area contributed by atoms with E-state index in [-0.39, 0.29) is 25.5 Å². The highest BCUT2D eigenvalue weighted by atomic mass is 16.4. The van der Waals surface area contributed by atoms with Crippen LogP contribution in [0.25, 0.3) is 0 Å². The van der Waals surface area contributed by atoms with E-state index in [9.17, 15) is 19.2 Å². The van der Waals surface area contributed by atoms with Crippen molar-refractivity contribution in [2.75, 3.05) is 45.8 Å². The Morgan fingerprint density at radius 3 is 1.38 bits per heavy atom. The highest BCUT2D eigenvalue weighted by Crippen LogP contribution is 1.94. The van der Waals surface area contributed by atoms with Gasteiger partial charge >= 0.3 is 17.9 Å². The van der Waals surface area contributed by atoms with Crippen molar-refractivity contribution in [3.8, 4) is 0 Å². The van der Waals surface area contributed by atoms with Crippen molar-refractivity contribution in [3.05, 3.63) is 0 Å². The Hall–Kier alpha value is -2.20. The van der Waals surface area contributed by atoms with Crippen LogP contribution in [0.5, 0.6) is 0 Å². The summed E-state index contributed by atoms with van der Waals surface area (Å²) >= 11 is 0. The van der Waals surface area contributed by atoms with Gasteiger partial charge in [-0.25, -0.2) is 0 Å². The molecule has 0 saturated heterocycles. The molecule has 0 unspecified atom stereocenters. The van der Waals surface area contributed by atoms with E-state index in [2.05, 4.69) is 5.32 Å². The van der Waals surface area contributed by atoms with Gasteiger partial charge in [0, 0.05) is 19.6 Å². The molecule has 0 aliphatic heterocycles. The van der Waals surface area contributed by atoms with E-state index in [0.29, 0.717) is 6.54 Å². The van der Waals surface area contributed by atoms with Crippen LogP contribution in [0.2, 0.25) is 0 Å². The van der Waals surface area contributed by atoms with E-state index in [1.807, 2.05) is 13.8 Å². The number of carbonyl (C=O) groups excluding carboxylic acids is 1. The first-order valence-electron chi connectivity index (χ1n) is 7.61. The summed E-state index contributed by atoms with van der Waals surface area (Å²) in [4.78, 5) is 46.1. The average Bonchev–Trinajstić information content (AvgIpc) is 2.45. The minimum atomic E-state index is -1.19. The van der Waals surface area contributed by atoms with Crippen LogP contribution in [0.3, 0.4) is 0 Å². The first-order valence-corrected chi connectivity index (χ1v) is 7.61. The van der Waals surface area contributed by atoms with Crippen molar-refractivity contribution < 1.29 is 34.5 Å². The van der Waals surface area contributed by atoms with E-state index in [1.54, 1.807) is 6.92 Å². The maximum absolute atomic E-state index is 11.5. The number of carboxylic acid groups (broad SMARTS) is 3. The maximum atomic E-state index is 11.5. The molecule has 0 spiro atoms. The van der Waals surface area contributed by atoms with Gasteiger partial charge in [0.15, 0.2) is 0 Å². The van der Waals surface area contributed by atoms with Gasteiger partial charge in [0.2, 0.25) is 5.91 Å². The number of carboxylic acids is 3. The fourth-order valence-corrected chi connectivity index (χ4v) is 1.74. The number of hydrogen-bond acceptors (Lipinski definition) is 6. The second-order valence-corrected chi connectivity index (χ2v) is 4.56. The molecule has 140 valence electrons. The predicted octanol–water partition coefficient (Wildman–Crippen LogP) is -0.993. The van der Waals surface area contributed by atoms with E-state index in [4.69, 9.17) is 15.3 Å². The molecule has 0 aromatic carbocycles. The smallest absolute Gasteiger partial charge is 0.317 e. The Morgan fingerprint density at radius 2 is 1.08 bits per heavy atom. The number of hydrogen-bond donors (Lipinski definition) is 4. The molecule has 0 fully saturated rings. The molecule has 0 saturated carbocycles. The van der Waals surface area contributed by atoms with Crippen LogP contribution in [-0.2, 0) is 19.2 Å². The van der Waals surface area contributed by atoms with Gasteiger partial charge in [0.1, 0.15) is 0 Å². The van der Waals surface area contributed by atoms with Gasteiger partial charge in [-0.3, -0.25) is 29.0 Å². The van der Waals surface area contributed by atoms with Gasteiger partial charge in [-0.05, 0) is 6.92 Å². The number of carbonyl (C=O) groups is 4. The minimum absolute atomic E-state index is 0.0191. The van der Waals surface area contributed by atoms with Gasteiger partial charge in [0.05, 0.1) is 26.2 Å². The predicted molar refractivity (Wildman–Crippen MR) is 85.8 cm³/mol. The first-order chi connectivity index (χ1) is 11.2. The Morgan fingerprint density at radius 1 is 0.750 bits per heavy atom. The van der Waals surface area contributed by atoms with Gasteiger partial charge in [0.25, 0.3) is 0 Å². The third kappa shape index (κ3) is 14.7. The van der Waals surface area contributed by atoms with Crippen LogP contribution < -0.4 is 5.32 Å². The molecule has 0 aromatic heterocycles. The highest BCUT2D eigenvalue weighted by Gasteiger charge is 2.18. The van der Waals surface area contributed by atoms with Crippen molar-refractivity contribution in [1.82, 2.24) is 15.1 Å². The molecule has 0 aromatic rings. The molecular weight excluding hydrogens is 322 g/mol.